The fraction of sp³-hybridized carbons (Fsp3) is 0.267. The molecular formula is C15H16N5O6S-. The van der Waals surface area contributed by atoms with E-state index in [1.807, 2.05) is 10.9 Å². The first-order valence-corrected chi connectivity index (χ1v) is 8.80. The van der Waals surface area contributed by atoms with E-state index >= 15 is 0 Å². The van der Waals surface area contributed by atoms with E-state index in [2.05, 4.69) is 14.7 Å². The quantitative estimate of drug-likeness (QED) is 0.258. The summed E-state index contributed by atoms with van der Waals surface area (Å²) >= 11 is -2.28. The molecule has 1 unspecified atom stereocenters. The number of amides is 2. The summed E-state index contributed by atoms with van der Waals surface area (Å²) < 4.78 is 26.4. The average Bonchev–Trinajstić information content (AvgIpc) is 2.66. The third kappa shape index (κ3) is 5.18. The van der Waals surface area contributed by atoms with E-state index < -0.39 is 28.9 Å². The van der Waals surface area contributed by atoms with Crippen LogP contribution in [0.2, 0.25) is 0 Å². The van der Waals surface area contributed by atoms with Gasteiger partial charge >= 0.3 is 11.9 Å². The number of anilines is 1. The van der Waals surface area contributed by atoms with Gasteiger partial charge in [0.2, 0.25) is 0 Å². The van der Waals surface area contributed by atoms with Gasteiger partial charge in [0.05, 0.1) is 18.5 Å². The Balaban J connectivity index is 2.13. The second-order valence-corrected chi connectivity index (χ2v) is 6.17. The molecule has 0 spiro atoms. The number of carbonyl (C=O) groups is 3. The molecule has 0 fully saturated rings. The summed E-state index contributed by atoms with van der Waals surface area (Å²) in [5, 5.41) is 0. The molecular weight excluding hydrogens is 378 g/mol. The maximum absolute atomic E-state index is 12.2. The van der Waals surface area contributed by atoms with E-state index in [1.54, 1.807) is 6.08 Å². The Morgan fingerprint density at radius 1 is 1.30 bits per heavy atom. The molecule has 0 saturated heterocycles. The van der Waals surface area contributed by atoms with Crippen LogP contribution in [-0.2, 0) is 25.4 Å². The molecule has 12 heteroatoms. The Labute approximate surface area is 156 Å². The zero-order chi connectivity index (χ0) is 20.0. The molecule has 1 atom stereocenters. The van der Waals surface area contributed by atoms with Gasteiger partial charge in [-0.1, -0.05) is 12.2 Å². The van der Waals surface area contributed by atoms with Gasteiger partial charge in [0.25, 0.3) is 5.91 Å². The summed E-state index contributed by atoms with van der Waals surface area (Å²) in [6.45, 7) is 1.53. The van der Waals surface area contributed by atoms with Crippen molar-refractivity contribution in [3.8, 4) is 0 Å². The molecule has 27 heavy (non-hydrogen) atoms. The maximum atomic E-state index is 12.2. The van der Waals surface area contributed by atoms with E-state index in [1.165, 1.54) is 19.2 Å². The molecule has 1 aliphatic rings. The van der Waals surface area contributed by atoms with Gasteiger partial charge in [-0.2, -0.15) is 0 Å². The Bertz CT molecular complexity index is 866. The number of rotatable bonds is 4. The molecule has 0 radical (unpaired) electrons. The highest BCUT2D eigenvalue weighted by Gasteiger charge is 2.20. The third-order valence-electron chi connectivity index (χ3n) is 3.42. The Hall–Kier alpha value is -3.12. The van der Waals surface area contributed by atoms with Crippen molar-refractivity contribution in [1.29, 1.82) is 0 Å². The number of hydrogen-bond acceptors (Lipinski definition) is 9. The molecule has 0 aromatic carbocycles. The number of carbonyl (C=O) groups excluding carboxylic acids is 3. The summed E-state index contributed by atoms with van der Waals surface area (Å²) in [4.78, 5) is 43.0. The lowest BCUT2D eigenvalue weighted by molar-refractivity contribution is -0.154. The number of aromatic nitrogens is 2. The van der Waals surface area contributed by atoms with E-state index in [4.69, 9.17) is 5.73 Å². The Morgan fingerprint density at radius 2 is 2.04 bits per heavy atom. The van der Waals surface area contributed by atoms with Crippen molar-refractivity contribution in [2.45, 2.75) is 19.8 Å². The molecule has 1 aliphatic carbocycles. The van der Waals surface area contributed by atoms with E-state index in [0.29, 0.717) is 24.1 Å². The Morgan fingerprint density at radius 3 is 2.63 bits per heavy atom. The van der Waals surface area contributed by atoms with Gasteiger partial charge in [0.1, 0.15) is 0 Å². The van der Waals surface area contributed by atoms with Gasteiger partial charge in [-0.05, 0) is 36.4 Å². The van der Waals surface area contributed by atoms with Crippen molar-refractivity contribution in [1.82, 2.24) is 20.8 Å². The molecule has 0 aliphatic heterocycles. The zero-order valence-electron chi connectivity index (χ0n) is 14.2. The molecule has 144 valence electrons. The van der Waals surface area contributed by atoms with Crippen LogP contribution >= 0.6 is 0 Å². The van der Waals surface area contributed by atoms with Gasteiger partial charge in [-0.25, -0.2) is 14.8 Å². The van der Waals surface area contributed by atoms with Crippen LogP contribution in [0.4, 0.5) is 5.82 Å². The second-order valence-electron chi connectivity index (χ2n) is 5.18. The van der Waals surface area contributed by atoms with Crippen molar-refractivity contribution >= 4 is 40.3 Å². The van der Waals surface area contributed by atoms with Crippen molar-refractivity contribution in [3.63, 3.8) is 0 Å². The van der Waals surface area contributed by atoms with Crippen LogP contribution in [-0.4, -0.2) is 43.1 Å². The first-order valence-electron chi connectivity index (χ1n) is 7.72. The Kier molecular flexibility index (Phi) is 6.73. The van der Waals surface area contributed by atoms with Gasteiger partial charge in [0.15, 0.2) is 11.5 Å². The minimum Gasteiger partial charge on any atom is -0.769 e. The molecule has 1 aromatic heterocycles. The lowest BCUT2D eigenvalue weighted by Gasteiger charge is -2.16. The van der Waals surface area contributed by atoms with Gasteiger partial charge in [-0.3, -0.25) is 24.6 Å². The minimum atomic E-state index is -2.28. The van der Waals surface area contributed by atoms with Crippen LogP contribution in [0, 0.1) is 0 Å². The van der Waals surface area contributed by atoms with Crippen molar-refractivity contribution in [3.05, 3.63) is 34.6 Å². The van der Waals surface area contributed by atoms with Crippen molar-refractivity contribution in [2.24, 2.45) is 0 Å². The highest BCUT2D eigenvalue weighted by molar-refractivity contribution is 7.83. The summed E-state index contributed by atoms with van der Waals surface area (Å²) in [7, 11) is 0. The number of esters is 1. The van der Waals surface area contributed by atoms with Crippen LogP contribution in [0.15, 0.2) is 23.3 Å². The molecule has 1 aromatic rings. The predicted octanol–water partition coefficient (Wildman–Crippen LogP) is -0.677. The maximum Gasteiger partial charge on any atom is 0.398 e. The average molecular weight is 394 g/mol. The number of hydrogen-bond donors (Lipinski definition) is 3. The summed E-state index contributed by atoms with van der Waals surface area (Å²) in [6.07, 6.45) is 5.05. The fourth-order valence-electron chi connectivity index (χ4n) is 2.11. The highest BCUT2D eigenvalue weighted by Crippen LogP contribution is 2.26. The van der Waals surface area contributed by atoms with Crippen LogP contribution < -0.4 is 16.6 Å². The topological polar surface area (TPSA) is 176 Å². The summed E-state index contributed by atoms with van der Waals surface area (Å²) in [5.41, 5.74) is 10.3. The number of nitrogens with two attached hydrogens (primary N) is 1. The molecule has 1 heterocycles. The lowest BCUT2D eigenvalue weighted by atomic mass is 10.0. The summed E-state index contributed by atoms with van der Waals surface area (Å²) in [5.74, 6) is -3.38. The first-order chi connectivity index (χ1) is 12.8. The van der Waals surface area contributed by atoms with Crippen LogP contribution in [0.1, 0.15) is 35.9 Å². The molecule has 11 nitrogen and oxygen atoms in total. The van der Waals surface area contributed by atoms with Gasteiger partial charge in [-0.15, -0.1) is 0 Å². The lowest BCUT2D eigenvalue weighted by Crippen LogP contribution is -2.46. The largest absolute Gasteiger partial charge is 0.769 e. The SMILES string of the molecule is CCOC(=O)C(=O)NNC(=O)c1nc(C2=CC=C(S(=O)[O-])CC2)cnc1N. The smallest absolute Gasteiger partial charge is 0.398 e. The van der Waals surface area contributed by atoms with E-state index in [9.17, 15) is 23.1 Å². The standard InChI is InChI=1S/C15H17N5O6S/c1-2-26-15(23)14(22)20-19-13(21)11-12(16)17-7-10(18-11)8-3-5-9(6-4-8)27(24)25/h3,5,7H,2,4,6H2,1H3,(H2,16,17)(H,19,21)(H,20,22)(H,24,25)/p-1. The fourth-order valence-corrected chi connectivity index (χ4v) is 2.56. The molecule has 2 rings (SSSR count). The molecule has 4 N–H and O–H groups in total. The van der Waals surface area contributed by atoms with Crippen LogP contribution in [0.3, 0.4) is 0 Å². The monoisotopic (exact) mass is 394 g/mol. The highest BCUT2D eigenvalue weighted by atomic mass is 32.2. The third-order valence-corrected chi connectivity index (χ3v) is 4.19. The number of nitrogen functional groups attached to an aromatic ring is 1. The molecule has 0 bridgehead atoms. The molecule has 2 amide bonds. The van der Waals surface area contributed by atoms with E-state index in [-0.39, 0.29) is 23.0 Å². The van der Waals surface area contributed by atoms with Crippen LogP contribution in [0.25, 0.3) is 5.57 Å². The first kappa shape index (κ1) is 20.2. The van der Waals surface area contributed by atoms with Crippen LogP contribution in [0.5, 0.6) is 0 Å². The van der Waals surface area contributed by atoms with Gasteiger partial charge in [0, 0.05) is 4.91 Å². The number of nitrogens with zero attached hydrogens (tertiary/aromatic N) is 2. The number of nitrogens with one attached hydrogen (secondary N) is 2. The zero-order valence-corrected chi connectivity index (χ0v) is 15.0. The normalized spacial score (nSPS) is 14.4. The second kappa shape index (κ2) is 9.00. The van der Waals surface area contributed by atoms with Gasteiger partial charge < -0.3 is 15.0 Å². The molecule has 0 saturated carbocycles. The minimum absolute atomic E-state index is 0.00583. The number of hydrazine groups is 1. The van der Waals surface area contributed by atoms with Crippen molar-refractivity contribution < 1.29 is 27.9 Å². The number of ether oxygens (including phenoxy) is 1. The van der Waals surface area contributed by atoms with Crippen molar-refractivity contribution in [2.75, 3.05) is 12.3 Å². The summed E-state index contributed by atoms with van der Waals surface area (Å²) in [6, 6.07) is 0. The number of allylic oxidation sites excluding steroid dienone is 4. The van der Waals surface area contributed by atoms with E-state index in [0.717, 1.165) is 0 Å². The predicted molar refractivity (Wildman–Crippen MR) is 92.9 cm³/mol.